The molecule has 1 N–H and O–H groups in total. The molecule has 0 aliphatic heterocycles. The zero-order valence-corrected chi connectivity index (χ0v) is 13.6. The molecule has 0 atom stereocenters. The van der Waals surface area contributed by atoms with E-state index < -0.39 is 0 Å². The van der Waals surface area contributed by atoms with Gasteiger partial charge >= 0.3 is 0 Å². The first-order chi connectivity index (χ1) is 10.7. The topological polar surface area (TPSA) is 32.7 Å². The molecule has 114 valence electrons. The first kappa shape index (κ1) is 14.9. The van der Waals surface area contributed by atoms with Crippen LogP contribution in [0.4, 0.5) is 5.69 Å². The number of hydrogen-bond acceptors (Lipinski definition) is 4. The van der Waals surface area contributed by atoms with E-state index in [0.29, 0.717) is 6.61 Å². The monoisotopic (exact) mass is 313 g/mol. The summed E-state index contributed by atoms with van der Waals surface area (Å²) in [5, 5.41) is 10.0. The molecule has 0 unspecified atom stereocenters. The van der Waals surface area contributed by atoms with Crippen molar-refractivity contribution in [3.05, 3.63) is 48.5 Å². The van der Waals surface area contributed by atoms with Crippen molar-refractivity contribution in [3.8, 4) is 16.2 Å². The fourth-order valence-electron chi connectivity index (χ4n) is 2.33. The van der Waals surface area contributed by atoms with E-state index in [0.717, 1.165) is 5.75 Å². The average Bonchev–Trinajstić information content (AvgIpc) is 2.96. The minimum atomic E-state index is 0.0337. The van der Waals surface area contributed by atoms with Crippen LogP contribution in [0.15, 0.2) is 48.5 Å². The molecular weight excluding hydrogens is 294 g/mol. The van der Waals surface area contributed by atoms with Crippen molar-refractivity contribution in [3.63, 3.8) is 0 Å². The molecule has 3 nitrogen and oxygen atoms in total. The van der Waals surface area contributed by atoms with Gasteiger partial charge in [0.05, 0.1) is 6.61 Å². The summed E-state index contributed by atoms with van der Waals surface area (Å²) < 4.78 is 6.67. The molecule has 0 aliphatic carbocycles. The summed E-state index contributed by atoms with van der Waals surface area (Å²) in [6.45, 7) is 0.363. The molecule has 0 saturated carbocycles. The summed E-state index contributed by atoms with van der Waals surface area (Å²) >= 11 is 1.76. The van der Waals surface area contributed by atoms with E-state index in [1.54, 1.807) is 11.3 Å². The molecule has 22 heavy (non-hydrogen) atoms. The number of benzene rings is 2. The third kappa shape index (κ3) is 3.08. The van der Waals surface area contributed by atoms with Gasteiger partial charge in [0.2, 0.25) is 0 Å². The second-order valence-corrected chi connectivity index (χ2v) is 6.41. The van der Waals surface area contributed by atoms with Crippen molar-refractivity contribution >= 4 is 27.1 Å². The third-order valence-corrected chi connectivity index (χ3v) is 4.67. The van der Waals surface area contributed by atoms with Gasteiger partial charge in [0.1, 0.15) is 12.4 Å². The second-order valence-electron chi connectivity index (χ2n) is 5.32. The summed E-state index contributed by atoms with van der Waals surface area (Å²) in [5.41, 5.74) is 2.43. The minimum Gasteiger partial charge on any atom is -0.491 e. The van der Waals surface area contributed by atoms with Gasteiger partial charge in [0, 0.05) is 29.4 Å². The number of nitrogens with zero attached hydrogens (tertiary/aromatic N) is 1. The molecule has 0 saturated heterocycles. The summed E-state index contributed by atoms with van der Waals surface area (Å²) in [7, 11) is 4.09. The van der Waals surface area contributed by atoms with Crippen molar-refractivity contribution in [2.45, 2.75) is 0 Å². The number of hydrogen-bond donors (Lipinski definition) is 1. The first-order valence-corrected chi connectivity index (χ1v) is 8.04. The zero-order chi connectivity index (χ0) is 15.5. The number of thiophene rings is 1. The molecule has 0 amide bonds. The van der Waals surface area contributed by atoms with Crippen molar-refractivity contribution in [2.24, 2.45) is 0 Å². The fraction of sp³-hybridized carbons (Fsp3) is 0.222. The highest BCUT2D eigenvalue weighted by atomic mass is 32.1. The van der Waals surface area contributed by atoms with Gasteiger partial charge in [-0.3, -0.25) is 0 Å². The Hall–Kier alpha value is -2.04. The van der Waals surface area contributed by atoms with Gasteiger partial charge in [-0.1, -0.05) is 12.1 Å². The quantitative estimate of drug-likeness (QED) is 0.772. The summed E-state index contributed by atoms with van der Waals surface area (Å²) in [5.74, 6) is 0.804. The molecule has 1 aromatic heterocycles. The molecular formula is C18H19NO2S. The van der Waals surface area contributed by atoms with Crippen LogP contribution in [-0.4, -0.2) is 32.4 Å². The molecule has 0 fully saturated rings. The minimum absolute atomic E-state index is 0.0337. The van der Waals surface area contributed by atoms with Gasteiger partial charge < -0.3 is 14.7 Å². The second kappa shape index (κ2) is 6.38. The zero-order valence-electron chi connectivity index (χ0n) is 12.7. The molecule has 0 radical (unpaired) electrons. The Morgan fingerprint density at radius 3 is 2.50 bits per heavy atom. The van der Waals surface area contributed by atoms with Crippen LogP contribution in [0.5, 0.6) is 5.75 Å². The summed E-state index contributed by atoms with van der Waals surface area (Å²) in [6.07, 6.45) is 0. The summed E-state index contributed by atoms with van der Waals surface area (Å²) in [6, 6.07) is 16.8. The maximum Gasteiger partial charge on any atom is 0.120 e. The van der Waals surface area contributed by atoms with E-state index >= 15 is 0 Å². The van der Waals surface area contributed by atoms with Crippen LogP contribution in [0.1, 0.15) is 0 Å². The lowest BCUT2D eigenvalue weighted by molar-refractivity contribution is 0.201. The molecule has 3 aromatic rings. The van der Waals surface area contributed by atoms with E-state index in [-0.39, 0.29) is 6.61 Å². The normalized spacial score (nSPS) is 10.9. The number of fused-ring (bicyclic) bond motifs is 1. The van der Waals surface area contributed by atoms with Crippen molar-refractivity contribution < 1.29 is 9.84 Å². The van der Waals surface area contributed by atoms with Gasteiger partial charge in [0.25, 0.3) is 0 Å². The maximum absolute atomic E-state index is 8.83. The standard InChI is InChI=1S/C18H19NO2S/c1-19(2)15-6-3-13(4-7-15)17-11-14-5-8-16(21-10-9-20)12-18(14)22-17/h3-8,11-12,20H,9-10H2,1-2H3. The highest BCUT2D eigenvalue weighted by Crippen LogP contribution is 2.35. The predicted molar refractivity (Wildman–Crippen MR) is 94.2 cm³/mol. The number of anilines is 1. The molecule has 4 heteroatoms. The molecule has 1 heterocycles. The first-order valence-electron chi connectivity index (χ1n) is 7.22. The van der Waals surface area contributed by atoms with Crippen molar-refractivity contribution in [1.29, 1.82) is 0 Å². The lowest BCUT2D eigenvalue weighted by Crippen LogP contribution is -2.07. The van der Waals surface area contributed by atoms with Gasteiger partial charge in [0.15, 0.2) is 0 Å². The van der Waals surface area contributed by atoms with Crippen molar-refractivity contribution in [2.75, 3.05) is 32.2 Å². The predicted octanol–water partition coefficient (Wildman–Crippen LogP) is 4.01. The number of rotatable bonds is 5. The molecule has 0 spiro atoms. The largest absolute Gasteiger partial charge is 0.491 e. The van der Waals surface area contributed by atoms with Crippen LogP contribution in [-0.2, 0) is 0 Å². The van der Waals surface area contributed by atoms with E-state index in [2.05, 4.69) is 41.3 Å². The fourth-order valence-corrected chi connectivity index (χ4v) is 3.43. The van der Waals surface area contributed by atoms with E-state index in [1.165, 1.54) is 26.2 Å². The molecule has 0 bridgehead atoms. The Bertz CT molecular complexity index is 762. The average molecular weight is 313 g/mol. The lowest BCUT2D eigenvalue weighted by Gasteiger charge is -2.12. The van der Waals surface area contributed by atoms with Crippen LogP contribution in [0, 0.1) is 0 Å². The number of aliphatic hydroxyl groups excluding tert-OH is 1. The van der Waals surface area contributed by atoms with Gasteiger partial charge in [-0.2, -0.15) is 0 Å². The highest BCUT2D eigenvalue weighted by Gasteiger charge is 2.06. The molecule has 3 rings (SSSR count). The highest BCUT2D eigenvalue weighted by molar-refractivity contribution is 7.22. The molecule has 2 aromatic carbocycles. The van der Waals surface area contributed by atoms with E-state index in [4.69, 9.17) is 9.84 Å². The van der Waals surface area contributed by atoms with Crippen LogP contribution in [0.25, 0.3) is 20.5 Å². The van der Waals surface area contributed by atoms with Gasteiger partial charge in [-0.05, 0) is 47.3 Å². The van der Waals surface area contributed by atoms with Crippen molar-refractivity contribution in [1.82, 2.24) is 0 Å². The van der Waals surface area contributed by atoms with E-state index in [9.17, 15) is 0 Å². The number of aliphatic hydroxyl groups is 1. The molecule has 0 aliphatic rings. The van der Waals surface area contributed by atoms with Gasteiger partial charge in [-0.25, -0.2) is 0 Å². The Labute approximate surface area is 134 Å². The summed E-state index contributed by atoms with van der Waals surface area (Å²) in [4.78, 5) is 3.35. The van der Waals surface area contributed by atoms with Crippen LogP contribution >= 0.6 is 11.3 Å². The Balaban J connectivity index is 1.90. The Kier molecular flexibility index (Phi) is 4.32. The van der Waals surface area contributed by atoms with Crippen LogP contribution in [0.3, 0.4) is 0 Å². The number of ether oxygens (including phenoxy) is 1. The lowest BCUT2D eigenvalue weighted by atomic mass is 10.1. The maximum atomic E-state index is 8.83. The van der Waals surface area contributed by atoms with Gasteiger partial charge in [-0.15, -0.1) is 11.3 Å². The van der Waals surface area contributed by atoms with Crippen LogP contribution in [0.2, 0.25) is 0 Å². The third-order valence-electron chi connectivity index (χ3n) is 3.52. The Morgan fingerprint density at radius 2 is 1.82 bits per heavy atom. The van der Waals surface area contributed by atoms with Crippen LogP contribution < -0.4 is 9.64 Å². The SMILES string of the molecule is CN(C)c1ccc(-c2cc3ccc(OCCO)cc3s2)cc1. The smallest absolute Gasteiger partial charge is 0.120 e. The Morgan fingerprint density at radius 1 is 1.05 bits per heavy atom. The van der Waals surface area contributed by atoms with E-state index in [1.807, 2.05) is 26.2 Å².